The maximum atomic E-state index is 11.2. The lowest BCUT2D eigenvalue weighted by Gasteiger charge is -2.28. The molecule has 0 bridgehead atoms. The van der Waals surface area contributed by atoms with E-state index in [1.807, 2.05) is 13.8 Å². The molecule has 17 heavy (non-hydrogen) atoms. The highest BCUT2D eigenvalue weighted by Gasteiger charge is 2.33. The predicted octanol–water partition coefficient (Wildman–Crippen LogP) is 2.28. The second-order valence-corrected chi connectivity index (χ2v) is 5.35. The van der Waals surface area contributed by atoms with E-state index < -0.39 is 11.5 Å². The summed E-state index contributed by atoms with van der Waals surface area (Å²) in [5.74, 6) is -0.383. The zero-order valence-corrected chi connectivity index (χ0v) is 11.7. The van der Waals surface area contributed by atoms with E-state index in [1.54, 1.807) is 6.92 Å². The lowest BCUT2D eigenvalue weighted by molar-refractivity contribution is -0.147. The first-order valence-electron chi connectivity index (χ1n) is 6.40. The predicted molar refractivity (Wildman–Crippen MR) is 69.2 cm³/mol. The second-order valence-electron chi connectivity index (χ2n) is 5.35. The van der Waals surface area contributed by atoms with E-state index in [4.69, 9.17) is 4.74 Å². The van der Waals surface area contributed by atoms with Crippen molar-refractivity contribution >= 4 is 5.97 Å². The summed E-state index contributed by atoms with van der Waals surface area (Å²) in [5.41, 5.74) is -1.000. The molecule has 0 spiro atoms. The Labute approximate surface area is 105 Å². The maximum absolute atomic E-state index is 11.2. The Morgan fingerprint density at radius 1 is 1.41 bits per heavy atom. The number of carbonyl (C=O) groups is 1. The Morgan fingerprint density at radius 2 is 2.00 bits per heavy atom. The first-order chi connectivity index (χ1) is 7.81. The molecular weight excluding hydrogens is 218 g/mol. The van der Waals surface area contributed by atoms with Crippen molar-refractivity contribution in [3.63, 3.8) is 0 Å². The standard InChI is InChI=1S/C13H27NO3/c1-6-7-11(4)8-17-9-13(5,12(15)16)14-10(2)3/h10-11,14H,6-9H2,1-5H3,(H,15,16). The molecule has 0 radical (unpaired) electrons. The van der Waals surface area contributed by atoms with Crippen LogP contribution in [-0.4, -0.2) is 35.9 Å². The largest absolute Gasteiger partial charge is 0.480 e. The van der Waals surface area contributed by atoms with E-state index in [0.29, 0.717) is 12.5 Å². The normalized spacial score (nSPS) is 16.8. The summed E-state index contributed by atoms with van der Waals surface area (Å²) in [5, 5.41) is 12.2. The van der Waals surface area contributed by atoms with Crippen molar-refractivity contribution in [3.05, 3.63) is 0 Å². The summed E-state index contributed by atoms with van der Waals surface area (Å²) < 4.78 is 5.53. The van der Waals surface area contributed by atoms with Gasteiger partial charge in [0.25, 0.3) is 0 Å². The van der Waals surface area contributed by atoms with E-state index >= 15 is 0 Å². The summed E-state index contributed by atoms with van der Waals surface area (Å²) in [7, 11) is 0. The van der Waals surface area contributed by atoms with Crippen LogP contribution < -0.4 is 5.32 Å². The van der Waals surface area contributed by atoms with E-state index in [2.05, 4.69) is 19.2 Å². The molecule has 2 N–H and O–H groups in total. The van der Waals surface area contributed by atoms with Gasteiger partial charge in [-0.05, 0) is 33.1 Å². The second kappa shape index (κ2) is 7.67. The third-order valence-corrected chi connectivity index (χ3v) is 2.65. The number of hydrogen-bond donors (Lipinski definition) is 2. The van der Waals surface area contributed by atoms with Crippen molar-refractivity contribution in [2.24, 2.45) is 5.92 Å². The molecule has 0 aliphatic carbocycles. The average molecular weight is 245 g/mol. The maximum Gasteiger partial charge on any atom is 0.326 e. The summed E-state index contributed by atoms with van der Waals surface area (Å²) in [6.45, 7) is 10.6. The molecule has 4 nitrogen and oxygen atoms in total. The third kappa shape index (κ3) is 6.64. The Morgan fingerprint density at radius 3 is 2.41 bits per heavy atom. The number of ether oxygens (including phenoxy) is 1. The number of carboxylic acids is 1. The summed E-state index contributed by atoms with van der Waals surface area (Å²) in [4.78, 5) is 11.2. The molecule has 0 aliphatic heterocycles. The smallest absolute Gasteiger partial charge is 0.326 e. The van der Waals surface area contributed by atoms with Crippen LogP contribution in [0.3, 0.4) is 0 Å². The summed E-state index contributed by atoms with van der Waals surface area (Å²) in [6.07, 6.45) is 2.24. The fourth-order valence-corrected chi connectivity index (χ4v) is 1.84. The fourth-order valence-electron chi connectivity index (χ4n) is 1.84. The van der Waals surface area contributed by atoms with Gasteiger partial charge in [0, 0.05) is 12.6 Å². The van der Waals surface area contributed by atoms with Crippen LogP contribution in [0.1, 0.15) is 47.5 Å². The van der Waals surface area contributed by atoms with Crippen molar-refractivity contribution in [2.75, 3.05) is 13.2 Å². The molecular formula is C13H27NO3. The van der Waals surface area contributed by atoms with Gasteiger partial charge in [-0.1, -0.05) is 20.3 Å². The van der Waals surface area contributed by atoms with Crippen LogP contribution in [-0.2, 0) is 9.53 Å². The van der Waals surface area contributed by atoms with Gasteiger partial charge in [0.15, 0.2) is 0 Å². The molecule has 0 rings (SSSR count). The van der Waals surface area contributed by atoms with Gasteiger partial charge in [-0.25, -0.2) is 0 Å². The molecule has 0 saturated heterocycles. The molecule has 0 aromatic heterocycles. The molecule has 2 unspecified atom stereocenters. The van der Waals surface area contributed by atoms with Gasteiger partial charge in [0.05, 0.1) is 6.61 Å². The van der Waals surface area contributed by atoms with Crippen molar-refractivity contribution in [1.82, 2.24) is 5.32 Å². The third-order valence-electron chi connectivity index (χ3n) is 2.65. The molecule has 0 heterocycles. The highest BCUT2D eigenvalue weighted by molar-refractivity contribution is 5.78. The number of carboxylic acid groups (broad SMARTS) is 1. The van der Waals surface area contributed by atoms with Gasteiger partial charge in [-0.15, -0.1) is 0 Å². The molecule has 4 heteroatoms. The quantitative estimate of drug-likeness (QED) is 0.654. The number of hydrogen-bond acceptors (Lipinski definition) is 3. The minimum atomic E-state index is -1.000. The fraction of sp³-hybridized carbons (Fsp3) is 0.923. The van der Waals surface area contributed by atoms with E-state index in [1.165, 1.54) is 0 Å². The van der Waals surface area contributed by atoms with Crippen LogP contribution >= 0.6 is 0 Å². The topological polar surface area (TPSA) is 58.6 Å². The molecule has 0 aromatic rings. The highest BCUT2D eigenvalue weighted by Crippen LogP contribution is 2.10. The SMILES string of the molecule is CCCC(C)COCC(C)(NC(C)C)C(=O)O. The molecule has 0 aromatic carbocycles. The van der Waals surface area contributed by atoms with Crippen molar-refractivity contribution < 1.29 is 14.6 Å². The molecule has 0 saturated carbocycles. The zero-order chi connectivity index (χ0) is 13.5. The van der Waals surface area contributed by atoms with Gasteiger partial charge in [-0.3, -0.25) is 10.1 Å². The number of rotatable bonds is 9. The van der Waals surface area contributed by atoms with E-state index in [0.717, 1.165) is 12.8 Å². The minimum Gasteiger partial charge on any atom is -0.480 e. The Hall–Kier alpha value is -0.610. The first kappa shape index (κ1) is 16.4. The van der Waals surface area contributed by atoms with Gasteiger partial charge in [0.2, 0.25) is 0 Å². The lowest BCUT2D eigenvalue weighted by atomic mass is 10.0. The number of aliphatic carboxylic acids is 1. The molecule has 0 fully saturated rings. The van der Waals surface area contributed by atoms with Gasteiger partial charge in [-0.2, -0.15) is 0 Å². The van der Waals surface area contributed by atoms with Crippen LogP contribution in [0, 0.1) is 5.92 Å². The Bertz CT molecular complexity index is 231. The van der Waals surface area contributed by atoms with Crippen molar-refractivity contribution in [2.45, 2.75) is 59.0 Å². The first-order valence-corrected chi connectivity index (χ1v) is 6.40. The molecule has 102 valence electrons. The summed E-state index contributed by atoms with van der Waals surface area (Å²) >= 11 is 0. The van der Waals surface area contributed by atoms with Crippen molar-refractivity contribution in [1.29, 1.82) is 0 Å². The molecule has 0 amide bonds. The van der Waals surface area contributed by atoms with Gasteiger partial charge >= 0.3 is 5.97 Å². The van der Waals surface area contributed by atoms with Crippen molar-refractivity contribution in [3.8, 4) is 0 Å². The Kier molecular flexibility index (Phi) is 7.39. The van der Waals surface area contributed by atoms with Gasteiger partial charge < -0.3 is 9.84 Å². The monoisotopic (exact) mass is 245 g/mol. The average Bonchev–Trinajstić information content (AvgIpc) is 2.16. The lowest BCUT2D eigenvalue weighted by Crippen LogP contribution is -2.55. The van der Waals surface area contributed by atoms with E-state index in [-0.39, 0.29) is 12.6 Å². The van der Waals surface area contributed by atoms with Crippen LogP contribution in [0.25, 0.3) is 0 Å². The minimum absolute atomic E-state index is 0.118. The highest BCUT2D eigenvalue weighted by atomic mass is 16.5. The van der Waals surface area contributed by atoms with E-state index in [9.17, 15) is 9.90 Å². The van der Waals surface area contributed by atoms with Crippen LogP contribution in [0.15, 0.2) is 0 Å². The number of nitrogens with one attached hydrogen (secondary N) is 1. The zero-order valence-electron chi connectivity index (χ0n) is 11.7. The Balaban J connectivity index is 4.14. The van der Waals surface area contributed by atoms with Crippen LogP contribution in [0.2, 0.25) is 0 Å². The molecule has 0 aliphatic rings. The van der Waals surface area contributed by atoms with Crippen LogP contribution in [0.4, 0.5) is 0 Å². The van der Waals surface area contributed by atoms with Gasteiger partial charge in [0.1, 0.15) is 5.54 Å². The summed E-state index contributed by atoms with van der Waals surface area (Å²) in [6, 6.07) is 0.118. The molecule has 2 atom stereocenters. The van der Waals surface area contributed by atoms with Crippen LogP contribution in [0.5, 0.6) is 0 Å².